The van der Waals surface area contributed by atoms with Crippen molar-refractivity contribution in [1.82, 2.24) is 15.5 Å². The Bertz CT molecular complexity index is 712. The van der Waals surface area contributed by atoms with Gasteiger partial charge in [0.2, 0.25) is 0 Å². The summed E-state index contributed by atoms with van der Waals surface area (Å²) in [6.45, 7) is 0.795. The second-order valence-electron chi connectivity index (χ2n) is 5.86. The molecule has 4 rings (SSSR count). The number of ether oxygens (including phenoxy) is 1. The van der Waals surface area contributed by atoms with E-state index in [0.29, 0.717) is 29.0 Å². The standard InChI is InChI=1S/C16H17N3O3/c20-14-4-2-1-3-9(14)12-7-13(19-18-12)16(21)17-11-8-15-10(11)5-6-22-15/h1-4,7,10-11,15,20H,5-6,8H2,(H,17,21)(H,18,19)/t10-,11+,15+/m1/s1. The average Bonchev–Trinajstić information content (AvgIpc) is 3.12. The smallest absolute Gasteiger partial charge is 0.269 e. The molecule has 3 N–H and O–H groups in total. The SMILES string of the molecule is O=C(N[C@H]1C[C@@H]2OCC[C@H]12)c1cc(-c2ccccc2O)n[nH]1. The third-order valence-corrected chi connectivity index (χ3v) is 4.58. The average molecular weight is 299 g/mol. The number of hydrogen-bond acceptors (Lipinski definition) is 4. The Morgan fingerprint density at radius 3 is 3.09 bits per heavy atom. The van der Waals surface area contributed by atoms with Crippen LogP contribution in [0, 0.1) is 5.92 Å². The Hall–Kier alpha value is -2.34. The summed E-state index contributed by atoms with van der Waals surface area (Å²) in [6.07, 6.45) is 2.22. The van der Waals surface area contributed by atoms with E-state index in [1.54, 1.807) is 24.3 Å². The van der Waals surface area contributed by atoms with Crippen LogP contribution in [0.25, 0.3) is 11.3 Å². The number of fused-ring (bicyclic) bond motifs is 1. The zero-order valence-corrected chi connectivity index (χ0v) is 12.0. The summed E-state index contributed by atoms with van der Waals surface area (Å²) in [5.41, 5.74) is 1.56. The third kappa shape index (κ3) is 2.16. The number of para-hydroxylation sites is 1. The monoisotopic (exact) mass is 299 g/mol. The lowest BCUT2D eigenvalue weighted by Crippen LogP contribution is -2.53. The van der Waals surface area contributed by atoms with Gasteiger partial charge in [-0.25, -0.2) is 0 Å². The number of carbonyl (C=O) groups is 1. The number of rotatable bonds is 3. The lowest BCUT2D eigenvalue weighted by atomic mass is 9.76. The molecule has 6 nitrogen and oxygen atoms in total. The first kappa shape index (κ1) is 13.3. The molecule has 22 heavy (non-hydrogen) atoms. The summed E-state index contributed by atoms with van der Waals surface area (Å²) in [6, 6.07) is 8.77. The molecule has 1 aromatic carbocycles. The van der Waals surface area contributed by atoms with Crippen LogP contribution in [0.3, 0.4) is 0 Å². The van der Waals surface area contributed by atoms with E-state index in [2.05, 4.69) is 15.5 Å². The lowest BCUT2D eigenvalue weighted by molar-refractivity contribution is 0.00802. The van der Waals surface area contributed by atoms with Crippen molar-refractivity contribution in [2.24, 2.45) is 5.92 Å². The third-order valence-electron chi connectivity index (χ3n) is 4.58. The van der Waals surface area contributed by atoms with Crippen LogP contribution in [0.15, 0.2) is 30.3 Å². The molecule has 0 unspecified atom stereocenters. The zero-order chi connectivity index (χ0) is 15.1. The second-order valence-corrected chi connectivity index (χ2v) is 5.86. The maximum Gasteiger partial charge on any atom is 0.269 e. The number of benzene rings is 1. The predicted molar refractivity (Wildman–Crippen MR) is 79.4 cm³/mol. The van der Waals surface area contributed by atoms with E-state index in [1.807, 2.05) is 6.07 Å². The van der Waals surface area contributed by atoms with Gasteiger partial charge in [-0.1, -0.05) is 12.1 Å². The largest absolute Gasteiger partial charge is 0.507 e. The first-order valence-corrected chi connectivity index (χ1v) is 7.48. The minimum atomic E-state index is -0.162. The summed E-state index contributed by atoms with van der Waals surface area (Å²) < 4.78 is 5.55. The number of aromatic amines is 1. The van der Waals surface area contributed by atoms with Crippen molar-refractivity contribution in [3.8, 4) is 17.0 Å². The number of amides is 1. The molecule has 2 heterocycles. The zero-order valence-electron chi connectivity index (χ0n) is 12.0. The van der Waals surface area contributed by atoms with Crippen LogP contribution in [-0.4, -0.2) is 40.0 Å². The number of nitrogens with one attached hydrogen (secondary N) is 2. The van der Waals surface area contributed by atoms with Gasteiger partial charge in [-0.05, 0) is 31.0 Å². The van der Waals surface area contributed by atoms with E-state index in [1.165, 1.54) is 0 Å². The van der Waals surface area contributed by atoms with Crippen LogP contribution in [0.5, 0.6) is 5.75 Å². The van der Waals surface area contributed by atoms with Crippen molar-refractivity contribution >= 4 is 5.91 Å². The molecule has 1 aliphatic carbocycles. The molecule has 1 amide bonds. The highest BCUT2D eigenvalue weighted by Crippen LogP contribution is 2.38. The van der Waals surface area contributed by atoms with Crippen LogP contribution >= 0.6 is 0 Å². The fourth-order valence-corrected chi connectivity index (χ4v) is 3.28. The Balaban J connectivity index is 1.47. The topological polar surface area (TPSA) is 87.2 Å². The van der Waals surface area contributed by atoms with Gasteiger partial charge < -0.3 is 15.2 Å². The minimum absolute atomic E-state index is 0.144. The first-order valence-electron chi connectivity index (χ1n) is 7.48. The number of carbonyl (C=O) groups excluding carboxylic acids is 1. The maximum absolute atomic E-state index is 12.3. The fraction of sp³-hybridized carbons (Fsp3) is 0.375. The van der Waals surface area contributed by atoms with Crippen LogP contribution in [0.2, 0.25) is 0 Å². The normalized spacial score (nSPS) is 26.3. The van der Waals surface area contributed by atoms with Crippen molar-refractivity contribution in [3.63, 3.8) is 0 Å². The number of aromatic nitrogens is 2. The fourth-order valence-electron chi connectivity index (χ4n) is 3.28. The molecule has 1 aliphatic heterocycles. The molecular weight excluding hydrogens is 282 g/mol. The summed E-state index contributed by atoms with van der Waals surface area (Å²) in [5, 5.41) is 19.7. The molecule has 0 bridgehead atoms. The summed E-state index contributed by atoms with van der Waals surface area (Å²) in [7, 11) is 0. The first-order chi connectivity index (χ1) is 10.7. The van der Waals surface area contributed by atoms with Crippen LogP contribution in [0.1, 0.15) is 23.3 Å². The van der Waals surface area contributed by atoms with E-state index >= 15 is 0 Å². The van der Waals surface area contributed by atoms with E-state index in [9.17, 15) is 9.90 Å². The van der Waals surface area contributed by atoms with E-state index in [4.69, 9.17) is 4.74 Å². The molecule has 1 saturated carbocycles. The Labute approximate surface area is 127 Å². The van der Waals surface area contributed by atoms with Gasteiger partial charge in [0.1, 0.15) is 11.4 Å². The highest BCUT2D eigenvalue weighted by Gasteiger charge is 2.45. The Morgan fingerprint density at radius 2 is 2.27 bits per heavy atom. The van der Waals surface area contributed by atoms with Gasteiger partial charge in [0.25, 0.3) is 5.91 Å². The number of phenols is 1. The van der Waals surface area contributed by atoms with Gasteiger partial charge >= 0.3 is 0 Å². The highest BCUT2D eigenvalue weighted by atomic mass is 16.5. The van der Waals surface area contributed by atoms with E-state index < -0.39 is 0 Å². The molecule has 2 aromatic rings. The maximum atomic E-state index is 12.3. The van der Waals surface area contributed by atoms with Crippen molar-refractivity contribution in [2.45, 2.75) is 25.0 Å². The lowest BCUT2D eigenvalue weighted by Gasteiger charge is -2.39. The molecule has 114 valence electrons. The van der Waals surface area contributed by atoms with Crippen molar-refractivity contribution in [3.05, 3.63) is 36.0 Å². The van der Waals surface area contributed by atoms with Crippen molar-refractivity contribution < 1.29 is 14.6 Å². The van der Waals surface area contributed by atoms with Gasteiger partial charge in [0.05, 0.1) is 11.8 Å². The predicted octanol–water partition coefficient (Wildman–Crippen LogP) is 1.69. The molecule has 2 fully saturated rings. The number of hydrogen-bond donors (Lipinski definition) is 3. The second kappa shape index (κ2) is 5.14. The molecule has 6 heteroatoms. The Morgan fingerprint density at radius 1 is 1.41 bits per heavy atom. The quantitative estimate of drug-likeness (QED) is 0.805. The molecule has 1 saturated heterocycles. The van der Waals surface area contributed by atoms with Crippen molar-refractivity contribution in [1.29, 1.82) is 0 Å². The van der Waals surface area contributed by atoms with Crippen LogP contribution in [-0.2, 0) is 4.74 Å². The molecule has 0 radical (unpaired) electrons. The minimum Gasteiger partial charge on any atom is -0.507 e. The van der Waals surface area contributed by atoms with E-state index in [0.717, 1.165) is 19.4 Å². The Kier molecular flexibility index (Phi) is 3.11. The molecule has 2 aliphatic rings. The molecular formula is C16H17N3O3. The van der Waals surface area contributed by atoms with Gasteiger partial charge in [-0.3, -0.25) is 9.89 Å². The summed E-state index contributed by atoms with van der Waals surface area (Å²) in [4.78, 5) is 12.3. The molecule has 3 atom stereocenters. The van der Waals surface area contributed by atoms with Gasteiger partial charge in [0, 0.05) is 24.1 Å². The molecule has 0 spiro atoms. The van der Waals surface area contributed by atoms with Crippen LogP contribution < -0.4 is 5.32 Å². The van der Waals surface area contributed by atoms with Crippen molar-refractivity contribution in [2.75, 3.05) is 6.61 Å². The van der Waals surface area contributed by atoms with E-state index in [-0.39, 0.29) is 17.7 Å². The number of phenolic OH excluding ortho intramolecular Hbond substituents is 1. The van der Waals surface area contributed by atoms with Gasteiger partial charge in [-0.15, -0.1) is 0 Å². The van der Waals surface area contributed by atoms with Gasteiger partial charge in [0.15, 0.2) is 0 Å². The summed E-state index contributed by atoms with van der Waals surface area (Å²) >= 11 is 0. The number of H-pyrrole nitrogens is 1. The molecule has 1 aromatic heterocycles. The van der Waals surface area contributed by atoms with Crippen LogP contribution in [0.4, 0.5) is 0 Å². The number of aromatic hydroxyl groups is 1. The summed E-state index contributed by atoms with van der Waals surface area (Å²) in [5.74, 6) is 0.430. The van der Waals surface area contributed by atoms with Gasteiger partial charge in [-0.2, -0.15) is 5.10 Å². The highest BCUT2D eigenvalue weighted by molar-refractivity contribution is 5.93. The number of nitrogens with zero attached hydrogens (tertiary/aromatic N) is 1.